The van der Waals surface area contributed by atoms with E-state index in [9.17, 15) is 9.59 Å². The molecule has 10 heteroatoms. The molecular weight excluding hydrogens is 510 g/mol. The normalized spacial score (nSPS) is 10.5. The van der Waals surface area contributed by atoms with Gasteiger partial charge in [0.25, 0.3) is 11.8 Å². The molecule has 33 heavy (non-hydrogen) atoms. The highest BCUT2D eigenvalue weighted by Crippen LogP contribution is 2.28. The third-order valence-electron chi connectivity index (χ3n) is 4.34. The predicted octanol–water partition coefficient (Wildman–Crippen LogP) is 3.70. The van der Waals surface area contributed by atoms with Crippen LogP contribution in [0.2, 0.25) is 0 Å². The number of benzene rings is 2. The minimum absolute atomic E-state index is 0.0695. The molecule has 2 rings (SSSR count). The lowest BCUT2D eigenvalue weighted by Gasteiger charge is -2.14. The maximum absolute atomic E-state index is 12.5. The van der Waals surface area contributed by atoms with Gasteiger partial charge in [-0.25, -0.2) is 0 Å². The quantitative estimate of drug-likeness (QED) is 0.241. The van der Waals surface area contributed by atoms with Gasteiger partial charge in [0.15, 0.2) is 11.7 Å². The van der Waals surface area contributed by atoms with Gasteiger partial charge in [-0.1, -0.05) is 32.0 Å². The van der Waals surface area contributed by atoms with Crippen LogP contribution < -0.4 is 25.6 Å². The fourth-order valence-electron chi connectivity index (χ4n) is 2.64. The van der Waals surface area contributed by atoms with E-state index < -0.39 is 11.8 Å². The number of thiocarbonyl (C=S) groups is 1. The maximum atomic E-state index is 12.5. The first-order valence-corrected chi connectivity index (χ1v) is 11.6. The van der Waals surface area contributed by atoms with E-state index in [2.05, 4.69) is 45.9 Å². The monoisotopic (exact) mass is 537 g/mol. The standard InChI is InChI=1S/C23H28BrN3O5S/c1-4-30-11-12-31-19-8-6-5-7-17(19)22(29)25-23(33)27-26-21(28)14-32-20-10-9-16(15(2)3)13-18(20)24/h5-10,13,15H,4,11-12,14H2,1-3H3,(H,26,28)(H2,25,27,29,33). The molecule has 0 spiro atoms. The van der Waals surface area contributed by atoms with Gasteiger partial charge < -0.3 is 14.2 Å². The van der Waals surface area contributed by atoms with Crippen LogP contribution in [0, 0.1) is 0 Å². The Hall–Kier alpha value is -2.69. The lowest BCUT2D eigenvalue weighted by molar-refractivity contribution is -0.123. The van der Waals surface area contributed by atoms with Crippen LogP contribution in [0.15, 0.2) is 46.9 Å². The summed E-state index contributed by atoms with van der Waals surface area (Å²) in [6, 6.07) is 12.5. The molecule has 0 atom stereocenters. The Bertz CT molecular complexity index is 971. The van der Waals surface area contributed by atoms with Crippen LogP contribution in [-0.2, 0) is 9.53 Å². The largest absolute Gasteiger partial charge is 0.490 e. The molecule has 0 saturated carbocycles. The highest BCUT2D eigenvalue weighted by molar-refractivity contribution is 9.10. The second kappa shape index (κ2) is 13.8. The van der Waals surface area contributed by atoms with Crippen LogP contribution in [0.1, 0.15) is 42.6 Å². The van der Waals surface area contributed by atoms with Gasteiger partial charge in [0.1, 0.15) is 18.1 Å². The highest BCUT2D eigenvalue weighted by atomic mass is 79.9. The molecule has 178 valence electrons. The minimum Gasteiger partial charge on any atom is -0.490 e. The van der Waals surface area contributed by atoms with Crippen molar-refractivity contribution >= 4 is 45.1 Å². The molecule has 0 saturated heterocycles. The van der Waals surface area contributed by atoms with Crippen LogP contribution in [0.5, 0.6) is 11.5 Å². The lowest BCUT2D eigenvalue weighted by atomic mass is 10.0. The van der Waals surface area contributed by atoms with Crippen LogP contribution in [0.4, 0.5) is 0 Å². The predicted molar refractivity (Wildman–Crippen MR) is 133 cm³/mol. The zero-order chi connectivity index (χ0) is 24.2. The summed E-state index contributed by atoms with van der Waals surface area (Å²) in [4.78, 5) is 24.6. The number of nitrogens with one attached hydrogen (secondary N) is 3. The average Bonchev–Trinajstić information content (AvgIpc) is 2.79. The molecule has 2 aromatic rings. The smallest absolute Gasteiger partial charge is 0.276 e. The van der Waals surface area contributed by atoms with Gasteiger partial charge >= 0.3 is 0 Å². The van der Waals surface area contributed by atoms with Crippen molar-refractivity contribution in [2.75, 3.05) is 26.4 Å². The molecule has 0 fully saturated rings. The molecule has 0 aromatic heterocycles. The Kier molecular flexibility index (Phi) is 11.1. The Morgan fingerprint density at radius 1 is 1.03 bits per heavy atom. The van der Waals surface area contributed by atoms with Gasteiger partial charge in [0.05, 0.1) is 16.6 Å². The van der Waals surface area contributed by atoms with Gasteiger partial charge in [-0.3, -0.25) is 25.8 Å². The fourth-order valence-corrected chi connectivity index (χ4v) is 3.29. The molecular formula is C23H28BrN3O5S. The van der Waals surface area contributed by atoms with Gasteiger partial charge in [0.2, 0.25) is 0 Å². The topological polar surface area (TPSA) is 97.9 Å². The molecule has 0 bridgehead atoms. The second-order valence-corrected chi connectivity index (χ2v) is 8.39. The SMILES string of the molecule is CCOCCOc1ccccc1C(=O)NC(=S)NNC(=O)COc1ccc(C(C)C)cc1Br. The minimum atomic E-state index is -0.473. The first-order valence-electron chi connectivity index (χ1n) is 10.4. The van der Waals surface area contributed by atoms with Crippen molar-refractivity contribution in [3.63, 3.8) is 0 Å². The number of halogens is 1. The lowest BCUT2D eigenvalue weighted by Crippen LogP contribution is -2.49. The third kappa shape index (κ3) is 8.99. The zero-order valence-electron chi connectivity index (χ0n) is 18.8. The number of ether oxygens (including phenoxy) is 3. The Morgan fingerprint density at radius 2 is 1.79 bits per heavy atom. The molecule has 0 unspecified atom stereocenters. The van der Waals surface area contributed by atoms with E-state index in [1.165, 1.54) is 0 Å². The molecule has 3 N–H and O–H groups in total. The molecule has 0 aliphatic carbocycles. The molecule has 2 amide bonds. The van der Waals surface area contributed by atoms with Crippen molar-refractivity contribution < 1.29 is 23.8 Å². The molecule has 0 radical (unpaired) electrons. The van der Waals surface area contributed by atoms with Crippen LogP contribution in [-0.4, -0.2) is 43.4 Å². The average molecular weight is 538 g/mol. The summed E-state index contributed by atoms with van der Waals surface area (Å²) in [7, 11) is 0. The fraction of sp³-hybridized carbons (Fsp3) is 0.348. The van der Waals surface area contributed by atoms with Crippen molar-refractivity contribution in [1.29, 1.82) is 0 Å². The third-order valence-corrected chi connectivity index (χ3v) is 5.17. The number of hydrogen-bond acceptors (Lipinski definition) is 6. The number of amides is 2. The van der Waals surface area contributed by atoms with Crippen molar-refractivity contribution in [3.8, 4) is 11.5 Å². The molecule has 0 aliphatic rings. The summed E-state index contributed by atoms with van der Waals surface area (Å²) in [5.41, 5.74) is 6.34. The van der Waals surface area contributed by atoms with E-state index in [1.807, 2.05) is 19.1 Å². The van der Waals surface area contributed by atoms with E-state index in [1.54, 1.807) is 30.3 Å². The van der Waals surface area contributed by atoms with Crippen LogP contribution in [0.25, 0.3) is 0 Å². The molecule has 0 aliphatic heterocycles. The van der Waals surface area contributed by atoms with Gasteiger partial charge in [0, 0.05) is 6.61 Å². The van der Waals surface area contributed by atoms with E-state index in [4.69, 9.17) is 26.4 Å². The van der Waals surface area contributed by atoms with Crippen LogP contribution in [0.3, 0.4) is 0 Å². The van der Waals surface area contributed by atoms with Crippen molar-refractivity contribution in [3.05, 3.63) is 58.1 Å². The number of carbonyl (C=O) groups excluding carboxylic acids is 2. The van der Waals surface area contributed by atoms with E-state index in [0.717, 1.165) is 10.0 Å². The van der Waals surface area contributed by atoms with E-state index in [0.29, 0.717) is 42.8 Å². The first kappa shape index (κ1) is 26.6. The molecule has 0 heterocycles. The number of carbonyl (C=O) groups is 2. The molecule has 2 aromatic carbocycles. The van der Waals surface area contributed by atoms with Gasteiger partial charge in [-0.15, -0.1) is 0 Å². The summed E-state index contributed by atoms with van der Waals surface area (Å²) in [6.07, 6.45) is 0. The Morgan fingerprint density at radius 3 is 2.48 bits per heavy atom. The van der Waals surface area contributed by atoms with E-state index in [-0.39, 0.29) is 11.7 Å². The van der Waals surface area contributed by atoms with Crippen molar-refractivity contribution in [1.82, 2.24) is 16.2 Å². The Labute approximate surface area is 207 Å². The molecule has 8 nitrogen and oxygen atoms in total. The first-order chi connectivity index (χ1) is 15.8. The number of hydrogen-bond donors (Lipinski definition) is 3. The summed E-state index contributed by atoms with van der Waals surface area (Å²) < 4.78 is 17.1. The van der Waals surface area contributed by atoms with Gasteiger partial charge in [-0.05, 0) is 70.8 Å². The van der Waals surface area contributed by atoms with Crippen molar-refractivity contribution in [2.45, 2.75) is 26.7 Å². The highest BCUT2D eigenvalue weighted by Gasteiger charge is 2.14. The maximum Gasteiger partial charge on any atom is 0.276 e. The number of rotatable bonds is 10. The summed E-state index contributed by atoms with van der Waals surface area (Å²) >= 11 is 8.53. The Balaban J connectivity index is 1.79. The summed E-state index contributed by atoms with van der Waals surface area (Å²) in [5.74, 6) is 0.397. The van der Waals surface area contributed by atoms with Crippen molar-refractivity contribution in [2.24, 2.45) is 0 Å². The number of hydrazine groups is 1. The second-order valence-electron chi connectivity index (χ2n) is 7.13. The zero-order valence-corrected chi connectivity index (χ0v) is 21.2. The van der Waals surface area contributed by atoms with E-state index >= 15 is 0 Å². The summed E-state index contributed by atoms with van der Waals surface area (Å²) in [5, 5.41) is 2.43. The van der Waals surface area contributed by atoms with Gasteiger partial charge in [-0.2, -0.15) is 0 Å². The van der Waals surface area contributed by atoms with Crippen LogP contribution >= 0.6 is 28.1 Å². The summed E-state index contributed by atoms with van der Waals surface area (Å²) in [6.45, 7) is 7.16. The number of para-hydroxylation sites is 1.